The van der Waals surface area contributed by atoms with Gasteiger partial charge < -0.3 is 29.6 Å². The first-order valence-corrected chi connectivity index (χ1v) is 14.1. The average Bonchev–Trinajstić information content (AvgIpc) is 2.81. The van der Waals surface area contributed by atoms with Crippen LogP contribution in [0.25, 0.3) is 0 Å². The molecule has 3 aliphatic rings. The van der Waals surface area contributed by atoms with E-state index in [4.69, 9.17) is 18.9 Å². The zero-order chi connectivity index (χ0) is 28.1. The molecular formula is C28H46N2O8. The van der Waals surface area contributed by atoms with E-state index in [9.17, 15) is 19.2 Å². The number of alkyl carbamates (subject to hydrolysis) is 2. The average molecular weight is 539 g/mol. The van der Waals surface area contributed by atoms with Gasteiger partial charge in [0.15, 0.2) is 0 Å². The molecule has 0 unspecified atom stereocenters. The Kier molecular flexibility index (Phi) is 9.92. The summed E-state index contributed by atoms with van der Waals surface area (Å²) >= 11 is 0. The molecule has 4 atom stereocenters. The molecule has 38 heavy (non-hydrogen) atoms. The predicted molar refractivity (Wildman–Crippen MR) is 139 cm³/mol. The molecule has 2 saturated carbocycles. The summed E-state index contributed by atoms with van der Waals surface area (Å²) in [5.74, 6) is -1.58. The molecule has 2 aliphatic carbocycles. The lowest BCUT2D eigenvalue weighted by molar-refractivity contribution is -0.202. The molecule has 1 aliphatic heterocycles. The largest absolute Gasteiger partial charge is 0.445 e. The molecule has 0 aromatic rings. The van der Waals surface area contributed by atoms with E-state index in [1.54, 1.807) is 41.5 Å². The minimum Gasteiger partial charge on any atom is -0.445 e. The number of hydrogen-bond acceptors (Lipinski definition) is 8. The van der Waals surface area contributed by atoms with E-state index in [0.717, 1.165) is 64.2 Å². The van der Waals surface area contributed by atoms with Crippen LogP contribution in [0.5, 0.6) is 0 Å². The van der Waals surface area contributed by atoms with Gasteiger partial charge in [-0.3, -0.25) is 0 Å². The Balaban J connectivity index is 1.79. The third-order valence-corrected chi connectivity index (χ3v) is 7.29. The second-order valence-corrected chi connectivity index (χ2v) is 12.9. The number of cyclic esters (lactones) is 2. The Hall–Kier alpha value is -2.52. The molecule has 216 valence electrons. The highest BCUT2D eigenvalue weighted by molar-refractivity contribution is 5.89. The Morgan fingerprint density at radius 1 is 0.658 bits per heavy atom. The molecule has 10 heteroatoms. The number of ether oxygens (including phenoxy) is 4. The maximum Gasteiger partial charge on any atom is 0.408 e. The van der Waals surface area contributed by atoms with E-state index < -0.39 is 59.6 Å². The number of rotatable bonds is 6. The molecule has 10 nitrogen and oxygen atoms in total. The summed E-state index contributed by atoms with van der Waals surface area (Å²) in [7, 11) is 0. The van der Waals surface area contributed by atoms with E-state index in [-0.39, 0.29) is 11.8 Å². The molecule has 2 N–H and O–H groups in total. The van der Waals surface area contributed by atoms with Gasteiger partial charge in [0, 0.05) is 0 Å². The summed E-state index contributed by atoms with van der Waals surface area (Å²) in [5, 5.41) is 5.60. The number of carbonyl (C=O) groups is 4. The molecule has 2 amide bonds. The topological polar surface area (TPSA) is 129 Å². The number of amides is 2. The number of nitrogens with one attached hydrogen (secondary N) is 2. The van der Waals surface area contributed by atoms with Crippen LogP contribution in [0.3, 0.4) is 0 Å². The van der Waals surface area contributed by atoms with Gasteiger partial charge in [-0.05, 0) is 79.1 Å². The molecule has 3 rings (SSSR count). The lowest BCUT2D eigenvalue weighted by Gasteiger charge is -2.41. The molecule has 0 aromatic heterocycles. The normalized spacial score (nSPS) is 25.4. The fourth-order valence-electron chi connectivity index (χ4n) is 5.68. The Bertz CT molecular complexity index is 780. The first-order valence-electron chi connectivity index (χ1n) is 14.1. The van der Waals surface area contributed by atoms with Gasteiger partial charge in [0.2, 0.25) is 12.2 Å². The monoisotopic (exact) mass is 538 g/mol. The molecule has 3 fully saturated rings. The number of esters is 2. The summed E-state index contributed by atoms with van der Waals surface area (Å²) in [6, 6.07) is -1.54. The standard InChI is InChI=1S/C28H46N2O8/c1-27(2,3)37-25(33)29-19(17-13-9-7-10-14-17)21-23(31)36-22(24(32)35-21)20(18-15-11-8-12-16-18)30-26(34)38-28(4,5)6/h17-22H,7-16H2,1-6H3,(H,29,33)(H,30,34)/t19-,20-,21+,22+/m0/s1. The summed E-state index contributed by atoms with van der Waals surface area (Å²) in [6.07, 6.45) is 5.20. The van der Waals surface area contributed by atoms with E-state index in [1.807, 2.05) is 0 Å². The van der Waals surface area contributed by atoms with Crippen LogP contribution in [0, 0.1) is 11.8 Å². The minimum atomic E-state index is -1.29. The molecule has 0 radical (unpaired) electrons. The van der Waals surface area contributed by atoms with Gasteiger partial charge in [-0.1, -0.05) is 38.5 Å². The van der Waals surface area contributed by atoms with Crippen LogP contribution >= 0.6 is 0 Å². The zero-order valence-electron chi connectivity index (χ0n) is 23.8. The molecule has 1 heterocycles. The predicted octanol–water partition coefficient (Wildman–Crippen LogP) is 4.77. The van der Waals surface area contributed by atoms with Crippen molar-refractivity contribution in [1.29, 1.82) is 0 Å². The van der Waals surface area contributed by atoms with Crippen LogP contribution < -0.4 is 10.6 Å². The van der Waals surface area contributed by atoms with E-state index >= 15 is 0 Å². The second kappa shape index (κ2) is 12.6. The molecule has 0 spiro atoms. The van der Waals surface area contributed by atoms with Crippen molar-refractivity contribution in [1.82, 2.24) is 10.6 Å². The Morgan fingerprint density at radius 3 is 1.26 bits per heavy atom. The van der Waals surface area contributed by atoms with Crippen molar-refractivity contribution in [3.63, 3.8) is 0 Å². The van der Waals surface area contributed by atoms with E-state index in [0.29, 0.717) is 0 Å². The van der Waals surface area contributed by atoms with Crippen LogP contribution in [0.15, 0.2) is 0 Å². The van der Waals surface area contributed by atoms with Gasteiger partial charge in [-0.25, -0.2) is 19.2 Å². The highest BCUT2D eigenvalue weighted by atomic mass is 16.7. The summed E-state index contributed by atoms with van der Waals surface area (Å²) in [4.78, 5) is 52.1. The summed E-state index contributed by atoms with van der Waals surface area (Å²) < 4.78 is 22.3. The highest BCUT2D eigenvalue weighted by Gasteiger charge is 2.50. The van der Waals surface area contributed by atoms with Crippen LogP contribution in [0.1, 0.15) is 106 Å². The number of hydrogen-bond donors (Lipinski definition) is 2. The minimum absolute atomic E-state index is 0.0628. The van der Waals surface area contributed by atoms with Crippen molar-refractivity contribution in [2.75, 3.05) is 0 Å². The van der Waals surface area contributed by atoms with Gasteiger partial charge >= 0.3 is 24.1 Å². The highest BCUT2D eigenvalue weighted by Crippen LogP contribution is 2.34. The van der Waals surface area contributed by atoms with Crippen molar-refractivity contribution < 1.29 is 38.1 Å². The SMILES string of the molecule is CC(C)(C)OC(=O)N[C@@H](C1CCCCC1)[C@H]1OC(=O)[C@@H]([C@@H](NC(=O)OC(C)(C)C)C2CCCCC2)OC1=O. The van der Waals surface area contributed by atoms with Crippen LogP contribution in [0.4, 0.5) is 9.59 Å². The zero-order valence-corrected chi connectivity index (χ0v) is 23.8. The fraction of sp³-hybridized carbons (Fsp3) is 0.857. The molecule has 0 aromatic carbocycles. The second-order valence-electron chi connectivity index (χ2n) is 12.9. The fourth-order valence-corrected chi connectivity index (χ4v) is 5.68. The van der Waals surface area contributed by atoms with E-state index in [1.165, 1.54) is 0 Å². The van der Waals surface area contributed by atoms with Crippen LogP contribution in [-0.2, 0) is 28.5 Å². The van der Waals surface area contributed by atoms with Crippen LogP contribution in [-0.4, -0.2) is 59.6 Å². The van der Waals surface area contributed by atoms with Gasteiger partial charge in [-0.2, -0.15) is 0 Å². The first-order chi connectivity index (χ1) is 17.7. The summed E-state index contributed by atoms with van der Waals surface area (Å²) in [5.41, 5.74) is -1.45. The van der Waals surface area contributed by atoms with Gasteiger partial charge in [0.25, 0.3) is 0 Å². The molecule has 1 saturated heterocycles. The Labute approximate surface area is 226 Å². The summed E-state index contributed by atoms with van der Waals surface area (Å²) in [6.45, 7) is 10.5. The smallest absolute Gasteiger partial charge is 0.408 e. The Morgan fingerprint density at radius 2 is 0.974 bits per heavy atom. The lowest BCUT2D eigenvalue weighted by Crippen LogP contribution is -2.62. The van der Waals surface area contributed by atoms with E-state index in [2.05, 4.69) is 10.6 Å². The van der Waals surface area contributed by atoms with Gasteiger partial charge in [-0.15, -0.1) is 0 Å². The molecule has 0 bridgehead atoms. The van der Waals surface area contributed by atoms with Gasteiger partial charge in [0.1, 0.15) is 11.2 Å². The van der Waals surface area contributed by atoms with Crippen molar-refractivity contribution in [3.05, 3.63) is 0 Å². The van der Waals surface area contributed by atoms with Crippen molar-refractivity contribution in [2.45, 2.75) is 141 Å². The molecular weight excluding hydrogens is 492 g/mol. The third kappa shape index (κ3) is 8.76. The number of carbonyl (C=O) groups excluding carboxylic acids is 4. The third-order valence-electron chi connectivity index (χ3n) is 7.29. The first kappa shape index (κ1) is 30.0. The maximum absolute atomic E-state index is 13.4. The lowest BCUT2D eigenvalue weighted by atomic mass is 9.80. The van der Waals surface area contributed by atoms with Crippen molar-refractivity contribution in [3.8, 4) is 0 Å². The quantitative estimate of drug-likeness (QED) is 0.365. The van der Waals surface area contributed by atoms with Crippen LogP contribution in [0.2, 0.25) is 0 Å². The maximum atomic E-state index is 13.4. The van der Waals surface area contributed by atoms with Crippen molar-refractivity contribution in [2.24, 2.45) is 11.8 Å². The van der Waals surface area contributed by atoms with Crippen molar-refractivity contribution >= 4 is 24.1 Å². The van der Waals surface area contributed by atoms with Gasteiger partial charge in [0.05, 0.1) is 12.1 Å².